The van der Waals surface area contributed by atoms with Crippen molar-refractivity contribution < 1.29 is 78.1 Å². The number of carbonyl (C=O) groups excluding carboxylic acids is 2. The van der Waals surface area contributed by atoms with Crippen LogP contribution in [0.25, 0.3) is 0 Å². The van der Waals surface area contributed by atoms with Crippen LogP contribution in [0.5, 0.6) is 0 Å². The van der Waals surface area contributed by atoms with Gasteiger partial charge in [-0.25, -0.2) is 3.11 Å². The second-order valence-electron chi connectivity index (χ2n) is 11.0. The van der Waals surface area contributed by atoms with E-state index in [0.29, 0.717) is 52.7 Å². The number of carbonyl (C=O) groups is 2. The van der Waals surface area contributed by atoms with Crippen LogP contribution in [0.2, 0.25) is 0 Å². The van der Waals surface area contributed by atoms with Gasteiger partial charge in [0.25, 0.3) is 0 Å². The molecular formula is C28H52IN3O16. The lowest BCUT2D eigenvalue weighted by Gasteiger charge is -2.42. The van der Waals surface area contributed by atoms with Gasteiger partial charge in [0.15, 0.2) is 12.6 Å². The van der Waals surface area contributed by atoms with Gasteiger partial charge in [0.05, 0.1) is 79.3 Å². The molecule has 0 aromatic rings. The molecule has 2 amide bonds. The first-order valence-corrected chi connectivity index (χ1v) is 16.7. The highest BCUT2D eigenvalue weighted by atomic mass is 127. The largest absolute Gasteiger partial charge is 0.394 e. The Kier molecular flexibility index (Phi) is 21.9. The van der Waals surface area contributed by atoms with E-state index < -0.39 is 86.3 Å². The summed E-state index contributed by atoms with van der Waals surface area (Å²) in [7, 11) is 0. The molecule has 2 fully saturated rings. The van der Waals surface area contributed by atoms with Gasteiger partial charge < -0.3 is 79.2 Å². The molecule has 0 bridgehead atoms. The van der Waals surface area contributed by atoms with Gasteiger partial charge in [-0.2, -0.15) is 0 Å². The number of amides is 2. The van der Waals surface area contributed by atoms with E-state index in [9.17, 15) is 40.2 Å². The van der Waals surface area contributed by atoms with Gasteiger partial charge in [0.2, 0.25) is 11.8 Å². The third kappa shape index (κ3) is 15.5. The molecule has 0 saturated carbocycles. The second-order valence-corrected chi connectivity index (χ2v) is 12.3. The van der Waals surface area contributed by atoms with Crippen molar-refractivity contribution in [2.45, 2.75) is 75.1 Å². The minimum absolute atomic E-state index is 0.0838. The first kappa shape index (κ1) is 43.2. The van der Waals surface area contributed by atoms with Crippen LogP contribution in [-0.2, 0) is 47.5 Å². The van der Waals surface area contributed by atoms with Gasteiger partial charge in [0.1, 0.15) is 48.7 Å². The summed E-state index contributed by atoms with van der Waals surface area (Å²) < 4.78 is 46.3. The van der Waals surface area contributed by atoms with E-state index in [1.807, 2.05) is 3.11 Å². The molecule has 2 aliphatic rings. The number of nitrogens with one attached hydrogen (secondary N) is 2. The van der Waals surface area contributed by atoms with Crippen LogP contribution in [-0.4, -0.2) is 199 Å². The van der Waals surface area contributed by atoms with Gasteiger partial charge in [-0.05, 0) is 0 Å². The number of halogens is 1. The van der Waals surface area contributed by atoms with E-state index in [-0.39, 0.29) is 26.4 Å². The molecule has 0 aromatic carbocycles. The van der Waals surface area contributed by atoms with Crippen LogP contribution in [0.4, 0.5) is 0 Å². The fourth-order valence-electron chi connectivity index (χ4n) is 4.76. The third-order valence-electron chi connectivity index (χ3n) is 7.22. The van der Waals surface area contributed by atoms with Gasteiger partial charge >= 0.3 is 0 Å². The summed E-state index contributed by atoms with van der Waals surface area (Å²) >= 11 is 2.18. The average molecular weight is 814 g/mol. The van der Waals surface area contributed by atoms with Crippen molar-refractivity contribution in [2.75, 3.05) is 92.4 Å². The fraction of sp³-hybridized carbons (Fsp3) is 0.929. The van der Waals surface area contributed by atoms with Crippen molar-refractivity contribution in [1.29, 1.82) is 0 Å². The molecule has 48 heavy (non-hydrogen) atoms. The highest BCUT2D eigenvalue weighted by Gasteiger charge is 2.46. The van der Waals surface area contributed by atoms with E-state index >= 15 is 0 Å². The van der Waals surface area contributed by atoms with Crippen molar-refractivity contribution in [2.24, 2.45) is 0 Å². The quantitative estimate of drug-likeness (QED) is 0.0260. The Morgan fingerprint density at radius 2 is 0.938 bits per heavy atom. The second kappa shape index (κ2) is 24.3. The lowest BCUT2D eigenvalue weighted by atomic mass is 9.97. The van der Waals surface area contributed by atoms with Crippen LogP contribution >= 0.6 is 22.9 Å². The Morgan fingerprint density at radius 3 is 1.27 bits per heavy atom. The van der Waals surface area contributed by atoms with Crippen molar-refractivity contribution in [3.05, 3.63) is 0 Å². The van der Waals surface area contributed by atoms with Crippen LogP contribution in [0.15, 0.2) is 0 Å². The number of aliphatic hydroxyl groups is 6. The number of ether oxygens (including phenoxy) is 8. The summed E-state index contributed by atoms with van der Waals surface area (Å²) in [6, 6.07) is -2.01. The van der Waals surface area contributed by atoms with Crippen molar-refractivity contribution in [3.63, 3.8) is 0 Å². The molecule has 2 heterocycles. The molecule has 0 aromatic heterocycles. The molecule has 2 rings (SSSR count). The van der Waals surface area contributed by atoms with Gasteiger partial charge in [-0.3, -0.25) is 9.59 Å². The Balaban J connectivity index is 1.44. The van der Waals surface area contributed by atoms with Gasteiger partial charge in [0, 0.05) is 49.8 Å². The Morgan fingerprint density at radius 1 is 0.604 bits per heavy atom. The van der Waals surface area contributed by atoms with Crippen LogP contribution in [0.1, 0.15) is 13.8 Å². The summed E-state index contributed by atoms with van der Waals surface area (Å²) in [5, 5.41) is 64.3. The van der Waals surface area contributed by atoms with Gasteiger partial charge in [-0.15, -0.1) is 0 Å². The standard InChI is InChI=1S/C28H52IN3O16/c1-17(35)30-21-25(39)23(37)19(15-33)47-27(21)45-13-11-43-9-7-41-5-3-32(29)4-6-42-8-10-44-12-14-46-28-22(31-18(2)36)26(40)24(38)20(16-34)48-28/h19-28,33-34,37-40H,3-16H2,1-2H3,(H,30,35)(H,31,36)/t19?,20?,21?,22?,23-,24-,25?,26?,27+,28+/m0/s1. The maximum absolute atomic E-state index is 11.5. The molecular weight excluding hydrogens is 761 g/mol. The van der Waals surface area contributed by atoms with Crippen LogP contribution in [0, 0.1) is 0 Å². The number of nitrogens with zero attached hydrogens (tertiary/aromatic N) is 1. The number of hydrogen-bond acceptors (Lipinski definition) is 17. The minimum Gasteiger partial charge on any atom is -0.394 e. The molecule has 282 valence electrons. The molecule has 0 spiro atoms. The number of rotatable bonds is 24. The Labute approximate surface area is 293 Å². The third-order valence-corrected chi connectivity index (χ3v) is 8.19. The zero-order valence-corrected chi connectivity index (χ0v) is 29.4. The van der Waals surface area contributed by atoms with E-state index in [1.54, 1.807) is 0 Å². The summed E-state index contributed by atoms with van der Waals surface area (Å²) in [5.74, 6) is -0.864. The van der Waals surface area contributed by atoms with Crippen molar-refractivity contribution in [3.8, 4) is 0 Å². The summed E-state index contributed by atoms with van der Waals surface area (Å²) in [6.07, 6.45) is -9.74. The first-order valence-electron chi connectivity index (χ1n) is 15.7. The highest BCUT2D eigenvalue weighted by Crippen LogP contribution is 2.23. The maximum atomic E-state index is 11.5. The van der Waals surface area contributed by atoms with E-state index in [1.165, 1.54) is 13.8 Å². The molecule has 19 nitrogen and oxygen atoms in total. The average Bonchev–Trinajstić information content (AvgIpc) is 3.05. The lowest BCUT2D eigenvalue weighted by Crippen LogP contribution is -2.64. The molecule has 10 atom stereocenters. The summed E-state index contributed by atoms with van der Waals surface area (Å²) in [5.41, 5.74) is 0. The maximum Gasteiger partial charge on any atom is 0.217 e. The zero-order valence-electron chi connectivity index (χ0n) is 27.3. The minimum atomic E-state index is -1.38. The van der Waals surface area contributed by atoms with Gasteiger partial charge in [-0.1, -0.05) is 0 Å². The topological polar surface area (TPSA) is 257 Å². The molecule has 8 N–H and O–H groups in total. The predicted octanol–water partition coefficient (Wildman–Crippen LogP) is -4.37. The Bertz CT molecular complexity index is 832. The lowest BCUT2D eigenvalue weighted by molar-refractivity contribution is -0.272. The molecule has 2 aliphatic heterocycles. The highest BCUT2D eigenvalue weighted by molar-refractivity contribution is 14.1. The Hall–Kier alpha value is -0.930. The smallest absolute Gasteiger partial charge is 0.217 e. The molecule has 20 heteroatoms. The number of aliphatic hydroxyl groups excluding tert-OH is 6. The van der Waals surface area contributed by atoms with E-state index in [4.69, 9.17) is 37.9 Å². The van der Waals surface area contributed by atoms with E-state index in [2.05, 4.69) is 33.5 Å². The van der Waals surface area contributed by atoms with Crippen molar-refractivity contribution >= 4 is 34.7 Å². The zero-order chi connectivity index (χ0) is 35.5. The first-order chi connectivity index (χ1) is 23.0. The molecule has 0 aliphatic carbocycles. The summed E-state index contributed by atoms with van der Waals surface area (Å²) in [4.78, 5) is 22.9. The fourth-order valence-corrected chi connectivity index (χ4v) is 5.15. The molecule has 2 saturated heterocycles. The normalized spacial score (nSPS) is 30.8. The monoisotopic (exact) mass is 813 g/mol. The predicted molar refractivity (Wildman–Crippen MR) is 172 cm³/mol. The molecule has 6 unspecified atom stereocenters. The van der Waals surface area contributed by atoms with Crippen LogP contribution in [0.3, 0.4) is 0 Å². The number of hydrogen-bond donors (Lipinski definition) is 8. The SMILES string of the molecule is CC(=O)NC1C(O)[C@@H](O)C(CO)O[C@H]1OCCOCCOCCN(I)CCOCCOCCO[C@@H]1OC(CO)[C@H](O)C(O)C1NC(C)=O. The molecule has 0 radical (unpaired) electrons. The summed E-state index contributed by atoms with van der Waals surface area (Å²) in [6.45, 7) is 5.67. The van der Waals surface area contributed by atoms with Crippen molar-refractivity contribution in [1.82, 2.24) is 13.7 Å². The van der Waals surface area contributed by atoms with Crippen LogP contribution < -0.4 is 10.6 Å². The van der Waals surface area contributed by atoms with E-state index in [0.717, 1.165) is 0 Å².